The first-order valence-electron chi connectivity index (χ1n) is 6.67. The molecule has 2 nitrogen and oxygen atoms in total. The van der Waals surface area contributed by atoms with E-state index in [1.807, 2.05) is 24.3 Å². The first-order chi connectivity index (χ1) is 9.31. The largest absolute Gasteiger partial charge is 0.370 e. The number of piperidine rings is 1. The molecule has 1 aliphatic rings. The number of nitriles is 1. The van der Waals surface area contributed by atoms with Gasteiger partial charge >= 0.3 is 0 Å². The van der Waals surface area contributed by atoms with Crippen molar-refractivity contribution < 1.29 is 0 Å². The minimum Gasteiger partial charge on any atom is -0.370 e. The van der Waals surface area contributed by atoms with Gasteiger partial charge in [-0.1, -0.05) is 24.3 Å². The second-order valence-corrected chi connectivity index (χ2v) is 5.81. The Hall–Kier alpha value is -1.53. The maximum atomic E-state index is 9.28. The average Bonchev–Trinajstić information content (AvgIpc) is 2.47. The van der Waals surface area contributed by atoms with Crippen LogP contribution in [0.1, 0.15) is 24.8 Å². The number of fused-ring (bicyclic) bond motifs is 1. The van der Waals surface area contributed by atoms with Crippen LogP contribution in [0.2, 0.25) is 0 Å². The van der Waals surface area contributed by atoms with Crippen LogP contribution in [0.4, 0.5) is 5.69 Å². The third-order valence-electron chi connectivity index (χ3n) is 3.76. The van der Waals surface area contributed by atoms with Gasteiger partial charge in [0.1, 0.15) is 0 Å². The van der Waals surface area contributed by atoms with Crippen LogP contribution < -0.4 is 4.90 Å². The number of nitrogens with zero attached hydrogens (tertiary/aromatic N) is 2. The van der Waals surface area contributed by atoms with Gasteiger partial charge < -0.3 is 4.90 Å². The Balaban J connectivity index is 2.24. The molecular weight excluding hydrogens is 300 g/mol. The minimum atomic E-state index is 0.739. The standard InChI is InChI=1S/C16H15BrN2/c17-15-10-12(11-18)13-6-2-3-7-14(13)16(15)19-8-4-1-5-9-19/h2-3,6-7,10H,1,4-5,8-9H2. The third-order valence-corrected chi connectivity index (χ3v) is 4.37. The van der Waals surface area contributed by atoms with E-state index in [0.717, 1.165) is 28.5 Å². The molecule has 0 aliphatic carbocycles. The van der Waals surface area contributed by atoms with Crippen molar-refractivity contribution in [1.29, 1.82) is 5.26 Å². The van der Waals surface area contributed by atoms with Crippen LogP contribution in [-0.4, -0.2) is 13.1 Å². The van der Waals surface area contributed by atoms with Gasteiger partial charge in [-0.05, 0) is 41.3 Å². The molecule has 0 radical (unpaired) electrons. The molecule has 0 saturated carbocycles. The van der Waals surface area contributed by atoms with Crippen LogP contribution in [0.5, 0.6) is 0 Å². The molecular formula is C16H15BrN2. The lowest BCUT2D eigenvalue weighted by molar-refractivity contribution is 0.578. The summed E-state index contributed by atoms with van der Waals surface area (Å²) in [6.45, 7) is 2.21. The smallest absolute Gasteiger partial charge is 0.0998 e. The maximum Gasteiger partial charge on any atom is 0.0998 e. The van der Waals surface area contributed by atoms with Crippen LogP contribution in [0.3, 0.4) is 0 Å². The van der Waals surface area contributed by atoms with Crippen LogP contribution in [0.25, 0.3) is 10.8 Å². The molecule has 0 bridgehead atoms. The fourth-order valence-corrected chi connectivity index (χ4v) is 3.55. The van der Waals surface area contributed by atoms with E-state index in [2.05, 4.69) is 33.0 Å². The summed E-state index contributed by atoms with van der Waals surface area (Å²) >= 11 is 3.65. The van der Waals surface area contributed by atoms with Crippen molar-refractivity contribution in [1.82, 2.24) is 0 Å². The van der Waals surface area contributed by atoms with Crippen molar-refractivity contribution in [2.75, 3.05) is 18.0 Å². The molecule has 96 valence electrons. The van der Waals surface area contributed by atoms with Gasteiger partial charge in [-0.3, -0.25) is 0 Å². The molecule has 0 aromatic heterocycles. The first-order valence-corrected chi connectivity index (χ1v) is 7.47. The SMILES string of the molecule is N#Cc1cc(Br)c(N2CCCCC2)c2ccccc12. The third kappa shape index (κ3) is 2.21. The normalized spacial score (nSPS) is 15.5. The average molecular weight is 315 g/mol. The quantitative estimate of drug-likeness (QED) is 0.776. The molecule has 0 amide bonds. The molecule has 2 aromatic carbocycles. The molecule has 1 saturated heterocycles. The lowest BCUT2D eigenvalue weighted by Gasteiger charge is -2.31. The molecule has 3 rings (SSSR count). The van der Waals surface area contributed by atoms with E-state index < -0.39 is 0 Å². The molecule has 2 aromatic rings. The van der Waals surface area contributed by atoms with Crippen LogP contribution in [0, 0.1) is 11.3 Å². The molecule has 1 aliphatic heterocycles. The predicted octanol–water partition coefficient (Wildman–Crippen LogP) is 4.46. The summed E-state index contributed by atoms with van der Waals surface area (Å²) in [4.78, 5) is 2.44. The summed E-state index contributed by atoms with van der Waals surface area (Å²) in [7, 11) is 0. The molecule has 1 fully saturated rings. The Kier molecular flexibility index (Phi) is 3.44. The molecule has 1 heterocycles. The highest BCUT2D eigenvalue weighted by Gasteiger charge is 2.18. The van der Waals surface area contributed by atoms with Crippen molar-refractivity contribution in [2.24, 2.45) is 0 Å². The number of hydrogen-bond donors (Lipinski definition) is 0. The molecule has 3 heteroatoms. The number of rotatable bonds is 1. The number of hydrogen-bond acceptors (Lipinski definition) is 2. The number of halogens is 1. The lowest BCUT2D eigenvalue weighted by Crippen LogP contribution is -2.29. The van der Waals surface area contributed by atoms with E-state index in [-0.39, 0.29) is 0 Å². The van der Waals surface area contributed by atoms with E-state index in [0.29, 0.717) is 0 Å². The van der Waals surface area contributed by atoms with Gasteiger partial charge in [0.05, 0.1) is 17.3 Å². The highest BCUT2D eigenvalue weighted by molar-refractivity contribution is 9.10. The van der Waals surface area contributed by atoms with Crippen molar-refractivity contribution in [2.45, 2.75) is 19.3 Å². The zero-order valence-corrected chi connectivity index (χ0v) is 12.3. The monoisotopic (exact) mass is 314 g/mol. The molecule has 0 atom stereocenters. The van der Waals surface area contributed by atoms with E-state index >= 15 is 0 Å². The Morgan fingerprint density at radius 2 is 1.74 bits per heavy atom. The van der Waals surface area contributed by atoms with Crippen molar-refractivity contribution >= 4 is 32.4 Å². The maximum absolute atomic E-state index is 9.28. The minimum absolute atomic E-state index is 0.739. The van der Waals surface area contributed by atoms with Gasteiger partial charge in [-0.15, -0.1) is 0 Å². The Bertz CT molecular complexity index is 652. The highest BCUT2D eigenvalue weighted by Crippen LogP contribution is 2.37. The van der Waals surface area contributed by atoms with Crippen molar-refractivity contribution in [3.05, 3.63) is 40.4 Å². The van der Waals surface area contributed by atoms with Gasteiger partial charge in [-0.2, -0.15) is 5.26 Å². The second-order valence-electron chi connectivity index (χ2n) is 4.96. The van der Waals surface area contributed by atoms with Crippen molar-refractivity contribution in [3.8, 4) is 6.07 Å². The predicted molar refractivity (Wildman–Crippen MR) is 82.4 cm³/mol. The van der Waals surface area contributed by atoms with Crippen LogP contribution in [0.15, 0.2) is 34.8 Å². The van der Waals surface area contributed by atoms with Crippen LogP contribution >= 0.6 is 15.9 Å². The lowest BCUT2D eigenvalue weighted by atomic mass is 10.0. The van der Waals surface area contributed by atoms with Gasteiger partial charge in [0.25, 0.3) is 0 Å². The Labute approximate surface area is 121 Å². The summed E-state index contributed by atoms with van der Waals surface area (Å²) in [6.07, 6.45) is 3.82. The van der Waals surface area contributed by atoms with Gasteiger partial charge in [0, 0.05) is 28.3 Å². The van der Waals surface area contributed by atoms with E-state index in [9.17, 15) is 5.26 Å². The van der Waals surface area contributed by atoms with Gasteiger partial charge in [-0.25, -0.2) is 0 Å². The summed E-state index contributed by atoms with van der Waals surface area (Å²) in [5.74, 6) is 0. The van der Waals surface area contributed by atoms with Gasteiger partial charge in [0.15, 0.2) is 0 Å². The summed E-state index contributed by atoms with van der Waals surface area (Å²) < 4.78 is 1.03. The fraction of sp³-hybridized carbons (Fsp3) is 0.312. The van der Waals surface area contributed by atoms with E-state index in [1.165, 1.54) is 30.3 Å². The second kappa shape index (κ2) is 5.22. The molecule has 0 unspecified atom stereocenters. The van der Waals surface area contributed by atoms with Crippen molar-refractivity contribution in [3.63, 3.8) is 0 Å². The Morgan fingerprint density at radius 1 is 1.05 bits per heavy atom. The molecule has 0 spiro atoms. The molecule has 0 N–H and O–H groups in total. The summed E-state index contributed by atoms with van der Waals surface area (Å²) in [5.41, 5.74) is 1.98. The van der Waals surface area contributed by atoms with Crippen LogP contribution in [-0.2, 0) is 0 Å². The van der Waals surface area contributed by atoms with Gasteiger partial charge in [0.2, 0.25) is 0 Å². The molecule has 19 heavy (non-hydrogen) atoms. The zero-order valence-electron chi connectivity index (χ0n) is 10.7. The summed E-state index contributed by atoms with van der Waals surface area (Å²) in [5, 5.41) is 11.5. The van der Waals surface area contributed by atoms with E-state index in [1.54, 1.807) is 0 Å². The first kappa shape index (κ1) is 12.5. The fourth-order valence-electron chi connectivity index (χ4n) is 2.86. The van der Waals surface area contributed by atoms with E-state index in [4.69, 9.17) is 0 Å². The zero-order chi connectivity index (χ0) is 13.2. The summed E-state index contributed by atoms with van der Waals surface area (Å²) in [6, 6.07) is 12.4. The number of anilines is 1. The number of benzene rings is 2. The highest BCUT2D eigenvalue weighted by atomic mass is 79.9. The topological polar surface area (TPSA) is 27.0 Å². The Morgan fingerprint density at radius 3 is 2.42 bits per heavy atom.